The molecule has 0 atom stereocenters. The lowest BCUT2D eigenvalue weighted by molar-refractivity contribution is 1.29. The van der Waals surface area contributed by atoms with Crippen LogP contribution in [0.5, 0.6) is 0 Å². The molecule has 1 aromatic heterocycles. The first-order chi connectivity index (χ1) is 6.18. The van der Waals surface area contributed by atoms with Crippen molar-refractivity contribution in [1.29, 1.82) is 0 Å². The molecule has 0 bridgehead atoms. The number of nitrogen functional groups attached to an aromatic ring is 1. The van der Waals surface area contributed by atoms with E-state index in [1.54, 1.807) is 6.07 Å². The van der Waals surface area contributed by atoms with Gasteiger partial charge >= 0.3 is 0 Å². The highest BCUT2D eigenvalue weighted by atomic mass is 35.5. The maximum atomic E-state index is 11.1. The SMILES string of the molecule is Cc1c(N)ccc2ccc(=O)[nH]c12.Cl. The number of hydrogen-bond acceptors (Lipinski definition) is 2. The molecule has 0 saturated heterocycles. The number of aromatic amines is 1. The van der Waals surface area contributed by atoms with Crippen molar-refractivity contribution in [1.82, 2.24) is 4.98 Å². The number of anilines is 1. The number of benzene rings is 1. The van der Waals surface area contributed by atoms with Crippen LogP contribution in [0.3, 0.4) is 0 Å². The molecule has 1 heterocycles. The highest BCUT2D eigenvalue weighted by molar-refractivity contribution is 5.85. The minimum Gasteiger partial charge on any atom is -0.398 e. The van der Waals surface area contributed by atoms with Gasteiger partial charge in [0.2, 0.25) is 5.56 Å². The summed E-state index contributed by atoms with van der Waals surface area (Å²) >= 11 is 0. The fraction of sp³-hybridized carbons (Fsp3) is 0.100. The third-order valence-electron chi connectivity index (χ3n) is 2.20. The van der Waals surface area contributed by atoms with Crippen molar-refractivity contribution in [3.63, 3.8) is 0 Å². The van der Waals surface area contributed by atoms with E-state index in [0.29, 0.717) is 5.69 Å². The van der Waals surface area contributed by atoms with Gasteiger partial charge in [0.25, 0.3) is 0 Å². The van der Waals surface area contributed by atoms with Crippen LogP contribution in [0.15, 0.2) is 29.1 Å². The number of pyridine rings is 1. The largest absolute Gasteiger partial charge is 0.398 e. The molecule has 2 rings (SSSR count). The summed E-state index contributed by atoms with van der Waals surface area (Å²) in [6, 6.07) is 7.04. The Labute approximate surface area is 87.4 Å². The van der Waals surface area contributed by atoms with Crippen molar-refractivity contribution in [3.05, 3.63) is 40.2 Å². The molecule has 0 spiro atoms. The average Bonchev–Trinajstić information content (AvgIpc) is 2.12. The third kappa shape index (κ3) is 1.59. The zero-order chi connectivity index (χ0) is 9.42. The smallest absolute Gasteiger partial charge is 0.248 e. The zero-order valence-corrected chi connectivity index (χ0v) is 8.52. The summed E-state index contributed by atoms with van der Waals surface area (Å²) < 4.78 is 0. The minimum atomic E-state index is -0.0961. The van der Waals surface area contributed by atoms with Gasteiger partial charge in [-0.25, -0.2) is 0 Å². The molecular formula is C10H11ClN2O. The Morgan fingerprint density at radius 3 is 2.57 bits per heavy atom. The molecule has 0 amide bonds. The predicted octanol–water partition coefficient (Wildman–Crippen LogP) is 1.84. The summed E-state index contributed by atoms with van der Waals surface area (Å²) in [6.45, 7) is 1.90. The van der Waals surface area contributed by atoms with Gasteiger partial charge in [-0.15, -0.1) is 12.4 Å². The summed E-state index contributed by atoms with van der Waals surface area (Å²) in [7, 11) is 0. The standard InChI is InChI=1S/C10H10N2O.ClH/c1-6-8(11)4-2-7-3-5-9(13)12-10(6)7;/h2-5H,11H2,1H3,(H,12,13);1H. The second kappa shape index (κ2) is 3.72. The van der Waals surface area contributed by atoms with Crippen molar-refractivity contribution < 1.29 is 0 Å². The molecule has 4 heteroatoms. The van der Waals surface area contributed by atoms with Crippen LogP contribution in [0.1, 0.15) is 5.56 Å². The average molecular weight is 211 g/mol. The van der Waals surface area contributed by atoms with Crippen molar-refractivity contribution in [2.75, 3.05) is 5.73 Å². The molecule has 0 aliphatic rings. The number of aryl methyl sites for hydroxylation is 1. The Hall–Kier alpha value is -1.48. The first-order valence-corrected chi connectivity index (χ1v) is 4.06. The summed E-state index contributed by atoms with van der Waals surface area (Å²) in [5.74, 6) is 0. The van der Waals surface area contributed by atoms with Crippen molar-refractivity contribution >= 4 is 29.0 Å². The Bertz CT molecular complexity index is 519. The fourth-order valence-corrected chi connectivity index (χ4v) is 1.38. The van der Waals surface area contributed by atoms with Crippen molar-refractivity contribution in [2.24, 2.45) is 0 Å². The molecular weight excluding hydrogens is 200 g/mol. The lowest BCUT2D eigenvalue weighted by atomic mass is 10.1. The van der Waals surface area contributed by atoms with Gasteiger partial charge in [0.05, 0.1) is 5.52 Å². The monoisotopic (exact) mass is 210 g/mol. The number of fused-ring (bicyclic) bond motifs is 1. The highest BCUT2D eigenvalue weighted by Gasteiger charge is 2.00. The van der Waals surface area contributed by atoms with Crippen LogP contribution in [-0.4, -0.2) is 4.98 Å². The second-order valence-corrected chi connectivity index (χ2v) is 3.07. The van der Waals surface area contributed by atoms with Gasteiger partial charge in [-0.05, 0) is 30.0 Å². The minimum absolute atomic E-state index is 0. The van der Waals surface area contributed by atoms with E-state index in [1.165, 1.54) is 6.07 Å². The number of H-pyrrole nitrogens is 1. The first-order valence-electron chi connectivity index (χ1n) is 4.06. The molecule has 74 valence electrons. The molecule has 0 saturated carbocycles. The molecule has 0 unspecified atom stereocenters. The summed E-state index contributed by atoms with van der Waals surface area (Å²) in [6.07, 6.45) is 0. The van der Waals surface area contributed by atoms with Crippen LogP contribution in [0.2, 0.25) is 0 Å². The van der Waals surface area contributed by atoms with Gasteiger partial charge in [-0.1, -0.05) is 6.07 Å². The van der Waals surface area contributed by atoms with Crippen molar-refractivity contribution in [2.45, 2.75) is 6.92 Å². The molecule has 0 aliphatic carbocycles. The van der Waals surface area contributed by atoms with Gasteiger partial charge in [0.15, 0.2) is 0 Å². The van der Waals surface area contributed by atoms with E-state index in [0.717, 1.165) is 16.5 Å². The summed E-state index contributed by atoms with van der Waals surface area (Å²) in [5.41, 5.74) is 8.07. The van der Waals surface area contributed by atoms with Gasteiger partial charge in [-0.3, -0.25) is 4.79 Å². The van der Waals surface area contributed by atoms with Crippen LogP contribution >= 0.6 is 12.4 Å². The van der Waals surface area contributed by atoms with Crippen LogP contribution in [-0.2, 0) is 0 Å². The third-order valence-corrected chi connectivity index (χ3v) is 2.20. The van der Waals surface area contributed by atoms with Gasteiger partial charge in [0.1, 0.15) is 0 Å². The van der Waals surface area contributed by atoms with Crippen LogP contribution in [0, 0.1) is 6.92 Å². The van der Waals surface area contributed by atoms with Crippen LogP contribution < -0.4 is 11.3 Å². The van der Waals surface area contributed by atoms with E-state index < -0.39 is 0 Å². The van der Waals surface area contributed by atoms with E-state index in [2.05, 4.69) is 4.98 Å². The summed E-state index contributed by atoms with van der Waals surface area (Å²) in [4.78, 5) is 13.8. The van der Waals surface area contributed by atoms with E-state index in [4.69, 9.17) is 5.73 Å². The number of aromatic nitrogens is 1. The van der Waals surface area contributed by atoms with Gasteiger partial charge in [0, 0.05) is 11.8 Å². The maximum absolute atomic E-state index is 11.1. The number of rotatable bonds is 0. The van der Waals surface area contributed by atoms with E-state index in [-0.39, 0.29) is 18.0 Å². The van der Waals surface area contributed by atoms with Gasteiger partial charge in [-0.2, -0.15) is 0 Å². The Kier molecular flexibility index (Phi) is 2.81. The topological polar surface area (TPSA) is 58.9 Å². The van der Waals surface area contributed by atoms with Crippen LogP contribution in [0.4, 0.5) is 5.69 Å². The van der Waals surface area contributed by atoms with Crippen LogP contribution in [0.25, 0.3) is 10.9 Å². The lowest BCUT2D eigenvalue weighted by Crippen LogP contribution is -2.04. The Balaban J connectivity index is 0.000000980. The molecule has 1 aromatic carbocycles. The predicted molar refractivity (Wildman–Crippen MR) is 61.0 cm³/mol. The number of nitrogens with one attached hydrogen (secondary N) is 1. The Morgan fingerprint density at radius 2 is 1.86 bits per heavy atom. The molecule has 3 N–H and O–H groups in total. The van der Waals surface area contributed by atoms with Gasteiger partial charge < -0.3 is 10.7 Å². The number of hydrogen-bond donors (Lipinski definition) is 2. The second-order valence-electron chi connectivity index (χ2n) is 3.07. The quantitative estimate of drug-likeness (QED) is 0.652. The number of halogens is 1. The van der Waals surface area contributed by atoms with E-state index in [1.807, 2.05) is 19.1 Å². The molecule has 0 aliphatic heterocycles. The van der Waals surface area contributed by atoms with Crippen molar-refractivity contribution in [3.8, 4) is 0 Å². The first kappa shape index (κ1) is 10.6. The maximum Gasteiger partial charge on any atom is 0.248 e. The molecule has 2 aromatic rings. The molecule has 0 radical (unpaired) electrons. The van der Waals surface area contributed by atoms with E-state index in [9.17, 15) is 4.79 Å². The highest BCUT2D eigenvalue weighted by Crippen LogP contribution is 2.19. The molecule has 3 nitrogen and oxygen atoms in total. The lowest BCUT2D eigenvalue weighted by Gasteiger charge is -2.03. The summed E-state index contributed by atoms with van der Waals surface area (Å²) in [5, 5.41) is 1.01. The normalized spacial score (nSPS) is 9.79. The molecule has 14 heavy (non-hydrogen) atoms. The Morgan fingerprint density at radius 1 is 1.21 bits per heavy atom. The fourth-order valence-electron chi connectivity index (χ4n) is 1.38. The zero-order valence-electron chi connectivity index (χ0n) is 7.70. The van der Waals surface area contributed by atoms with E-state index >= 15 is 0 Å². The number of nitrogens with two attached hydrogens (primary N) is 1. The molecule has 0 fully saturated rings.